The van der Waals surface area contributed by atoms with Gasteiger partial charge in [0, 0.05) is 32.7 Å². The Morgan fingerprint density at radius 2 is 2.42 bits per heavy atom. The van der Waals surface area contributed by atoms with Gasteiger partial charge in [-0.15, -0.1) is 5.10 Å². The molecule has 8 nitrogen and oxygen atoms in total. The Morgan fingerprint density at radius 3 is 3.16 bits per heavy atom. The van der Waals surface area contributed by atoms with Crippen molar-refractivity contribution in [2.45, 2.75) is 25.4 Å². The third-order valence-corrected chi connectivity index (χ3v) is 2.81. The van der Waals surface area contributed by atoms with Gasteiger partial charge < -0.3 is 25.1 Å². The predicted octanol–water partition coefficient (Wildman–Crippen LogP) is -0.504. The van der Waals surface area contributed by atoms with E-state index in [4.69, 9.17) is 9.15 Å². The highest BCUT2D eigenvalue weighted by Crippen LogP contribution is 2.09. The summed E-state index contributed by atoms with van der Waals surface area (Å²) in [5, 5.41) is 16.8. The fraction of sp³-hybridized carbons (Fsp3) is 0.727. The normalized spacial score (nSPS) is 18.6. The van der Waals surface area contributed by atoms with E-state index in [1.54, 1.807) is 7.11 Å². The highest BCUT2D eigenvalue weighted by atomic mass is 16.5. The molecule has 8 heteroatoms. The summed E-state index contributed by atoms with van der Waals surface area (Å²) >= 11 is 0. The predicted molar refractivity (Wildman–Crippen MR) is 67.5 cm³/mol. The first-order valence-corrected chi connectivity index (χ1v) is 6.33. The molecule has 1 unspecified atom stereocenters. The number of rotatable bonds is 8. The first kappa shape index (κ1) is 13.8. The molecule has 19 heavy (non-hydrogen) atoms. The van der Waals surface area contributed by atoms with Gasteiger partial charge in [-0.1, -0.05) is 5.10 Å². The van der Waals surface area contributed by atoms with E-state index in [9.17, 15) is 4.79 Å². The zero-order valence-electron chi connectivity index (χ0n) is 10.9. The van der Waals surface area contributed by atoms with Crippen molar-refractivity contribution in [3.63, 3.8) is 0 Å². The number of methoxy groups -OCH3 is 1. The van der Waals surface area contributed by atoms with Crippen LogP contribution < -0.4 is 16.0 Å². The average Bonchev–Trinajstić information content (AvgIpc) is 3.01. The molecule has 0 saturated carbocycles. The lowest BCUT2D eigenvalue weighted by Gasteiger charge is -2.08. The lowest BCUT2D eigenvalue weighted by Crippen LogP contribution is -2.31. The van der Waals surface area contributed by atoms with Crippen molar-refractivity contribution in [2.75, 3.05) is 32.1 Å². The van der Waals surface area contributed by atoms with E-state index in [1.807, 2.05) is 0 Å². The second-order valence-electron chi connectivity index (χ2n) is 4.35. The average molecular weight is 269 g/mol. The molecule has 2 rings (SSSR count). The summed E-state index contributed by atoms with van der Waals surface area (Å²) in [7, 11) is 1.65. The van der Waals surface area contributed by atoms with Crippen LogP contribution in [0.15, 0.2) is 4.42 Å². The van der Waals surface area contributed by atoms with Crippen molar-refractivity contribution >= 4 is 11.9 Å². The highest BCUT2D eigenvalue weighted by molar-refractivity contribution is 5.78. The molecule has 0 radical (unpaired) electrons. The maximum absolute atomic E-state index is 11.0. The number of aromatic nitrogens is 2. The Labute approximate surface area is 111 Å². The van der Waals surface area contributed by atoms with E-state index in [0.29, 0.717) is 38.0 Å². The highest BCUT2D eigenvalue weighted by Gasteiger charge is 2.20. The Balaban J connectivity index is 1.67. The molecule has 1 aromatic rings. The summed E-state index contributed by atoms with van der Waals surface area (Å²) in [6.07, 6.45) is 1.43. The van der Waals surface area contributed by atoms with Crippen LogP contribution in [0.2, 0.25) is 0 Å². The first-order chi connectivity index (χ1) is 9.28. The molecular weight excluding hydrogens is 250 g/mol. The van der Waals surface area contributed by atoms with Crippen LogP contribution in [0.4, 0.5) is 6.01 Å². The minimum atomic E-state index is 0.0976. The zero-order valence-corrected chi connectivity index (χ0v) is 10.9. The number of hydrogen-bond acceptors (Lipinski definition) is 7. The molecule has 3 N–H and O–H groups in total. The van der Waals surface area contributed by atoms with Gasteiger partial charge in [-0.25, -0.2) is 0 Å². The number of amides is 1. The van der Waals surface area contributed by atoms with Crippen LogP contribution in [0, 0.1) is 0 Å². The summed E-state index contributed by atoms with van der Waals surface area (Å²) in [4.78, 5) is 11.0. The summed E-state index contributed by atoms with van der Waals surface area (Å²) in [6, 6.07) is 0.521. The van der Waals surface area contributed by atoms with E-state index >= 15 is 0 Å². The minimum absolute atomic E-state index is 0.0976. The topological polar surface area (TPSA) is 101 Å². The SMILES string of the molecule is COCCNCc1nnc(NCC2CCC(=O)N2)o1. The monoisotopic (exact) mass is 269 g/mol. The van der Waals surface area contributed by atoms with E-state index < -0.39 is 0 Å². The van der Waals surface area contributed by atoms with Gasteiger partial charge >= 0.3 is 6.01 Å². The van der Waals surface area contributed by atoms with Crippen molar-refractivity contribution in [3.05, 3.63) is 5.89 Å². The van der Waals surface area contributed by atoms with Gasteiger partial charge in [-0.3, -0.25) is 4.79 Å². The van der Waals surface area contributed by atoms with Gasteiger partial charge in [0.1, 0.15) is 0 Å². The van der Waals surface area contributed by atoms with Crippen molar-refractivity contribution in [2.24, 2.45) is 0 Å². The van der Waals surface area contributed by atoms with Gasteiger partial charge in [0.15, 0.2) is 0 Å². The van der Waals surface area contributed by atoms with Crippen LogP contribution in [0.25, 0.3) is 0 Å². The quantitative estimate of drug-likeness (QED) is 0.547. The van der Waals surface area contributed by atoms with Gasteiger partial charge in [-0.2, -0.15) is 0 Å². The van der Waals surface area contributed by atoms with E-state index in [2.05, 4.69) is 26.1 Å². The van der Waals surface area contributed by atoms with Gasteiger partial charge in [0.05, 0.1) is 13.2 Å². The Hall–Kier alpha value is -1.67. The minimum Gasteiger partial charge on any atom is -0.407 e. The molecular formula is C11H19N5O3. The largest absolute Gasteiger partial charge is 0.407 e. The summed E-state index contributed by atoms with van der Waals surface area (Å²) in [5.74, 6) is 0.620. The van der Waals surface area contributed by atoms with E-state index in [1.165, 1.54) is 0 Å². The van der Waals surface area contributed by atoms with Crippen LogP contribution in [-0.4, -0.2) is 49.0 Å². The number of carbonyl (C=O) groups excluding carboxylic acids is 1. The van der Waals surface area contributed by atoms with Crippen LogP contribution in [0.3, 0.4) is 0 Å². The second-order valence-corrected chi connectivity index (χ2v) is 4.35. The molecule has 2 heterocycles. The number of nitrogens with zero attached hydrogens (tertiary/aromatic N) is 2. The molecule has 1 aromatic heterocycles. The third kappa shape index (κ3) is 4.49. The fourth-order valence-electron chi connectivity index (χ4n) is 1.81. The third-order valence-electron chi connectivity index (χ3n) is 2.81. The lowest BCUT2D eigenvalue weighted by atomic mass is 10.2. The Morgan fingerprint density at radius 1 is 1.53 bits per heavy atom. The van der Waals surface area contributed by atoms with Gasteiger partial charge in [-0.05, 0) is 6.42 Å². The van der Waals surface area contributed by atoms with Crippen LogP contribution in [0.1, 0.15) is 18.7 Å². The molecule has 1 aliphatic rings. The second kappa shape index (κ2) is 7.05. The maximum Gasteiger partial charge on any atom is 0.315 e. The number of nitrogens with one attached hydrogen (secondary N) is 3. The molecule has 0 aromatic carbocycles. The number of hydrogen-bond donors (Lipinski definition) is 3. The van der Waals surface area contributed by atoms with Crippen LogP contribution in [0.5, 0.6) is 0 Å². The molecule has 0 aliphatic carbocycles. The van der Waals surface area contributed by atoms with Crippen LogP contribution in [-0.2, 0) is 16.1 Å². The van der Waals surface area contributed by atoms with Crippen molar-refractivity contribution in [1.29, 1.82) is 0 Å². The fourth-order valence-corrected chi connectivity index (χ4v) is 1.81. The van der Waals surface area contributed by atoms with Crippen molar-refractivity contribution in [3.8, 4) is 0 Å². The standard InChI is InChI=1S/C11H19N5O3/c1-18-5-4-12-7-10-15-16-11(19-10)13-6-8-2-3-9(17)14-8/h8,12H,2-7H2,1H3,(H,13,16)(H,14,17). The van der Waals surface area contributed by atoms with Crippen LogP contribution >= 0.6 is 0 Å². The maximum atomic E-state index is 11.0. The van der Waals surface area contributed by atoms with Crippen molar-refractivity contribution in [1.82, 2.24) is 20.8 Å². The number of carbonyl (C=O) groups is 1. The zero-order chi connectivity index (χ0) is 13.5. The molecule has 1 aliphatic heterocycles. The Kier molecular flexibility index (Phi) is 5.10. The first-order valence-electron chi connectivity index (χ1n) is 6.33. The summed E-state index contributed by atoms with van der Waals surface area (Å²) in [5.41, 5.74) is 0. The number of ether oxygens (including phenoxy) is 1. The van der Waals surface area contributed by atoms with E-state index in [0.717, 1.165) is 13.0 Å². The molecule has 0 bridgehead atoms. The molecule has 1 fully saturated rings. The summed E-state index contributed by atoms with van der Waals surface area (Å²) in [6.45, 7) is 2.49. The summed E-state index contributed by atoms with van der Waals surface area (Å²) < 4.78 is 10.3. The van der Waals surface area contributed by atoms with Crippen molar-refractivity contribution < 1.29 is 13.9 Å². The Bertz CT molecular complexity index is 409. The molecule has 1 amide bonds. The van der Waals surface area contributed by atoms with Gasteiger partial charge in [0.2, 0.25) is 11.8 Å². The van der Waals surface area contributed by atoms with Gasteiger partial charge in [0.25, 0.3) is 0 Å². The lowest BCUT2D eigenvalue weighted by molar-refractivity contribution is -0.119. The molecule has 1 atom stereocenters. The molecule has 106 valence electrons. The van der Waals surface area contributed by atoms with E-state index in [-0.39, 0.29) is 11.9 Å². The molecule has 0 spiro atoms. The smallest absolute Gasteiger partial charge is 0.315 e. The molecule has 1 saturated heterocycles. The number of anilines is 1.